The van der Waals surface area contributed by atoms with E-state index in [9.17, 15) is 0 Å². The zero-order chi connectivity index (χ0) is 5.98. The topological polar surface area (TPSA) is 35.9 Å². The first-order valence-corrected chi connectivity index (χ1v) is 3.08. The maximum Gasteiger partial charge on any atom is 0.0335 e. The van der Waals surface area contributed by atoms with Gasteiger partial charge in [-0.25, -0.2) is 0 Å². The van der Waals surface area contributed by atoms with Crippen LogP contribution < -0.4 is 5.32 Å². The van der Waals surface area contributed by atoms with Gasteiger partial charge < -0.3 is 10.7 Å². The Bertz CT molecular complexity index is 88.7. The van der Waals surface area contributed by atoms with E-state index in [2.05, 4.69) is 12.2 Å². The van der Waals surface area contributed by atoms with E-state index < -0.39 is 0 Å². The lowest BCUT2D eigenvalue weighted by molar-refractivity contribution is 0.527. The first-order chi connectivity index (χ1) is 3.79. The Morgan fingerprint density at radius 3 is 2.88 bits per heavy atom. The van der Waals surface area contributed by atoms with Gasteiger partial charge in [-0.15, -0.1) is 0 Å². The van der Waals surface area contributed by atoms with Crippen molar-refractivity contribution in [1.29, 1.82) is 5.41 Å². The van der Waals surface area contributed by atoms with Crippen molar-refractivity contribution in [1.82, 2.24) is 5.32 Å². The van der Waals surface area contributed by atoms with Gasteiger partial charge in [-0.1, -0.05) is 0 Å². The minimum absolute atomic E-state index is 0.629. The highest BCUT2D eigenvalue weighted by Crippen LogP contribution is 2.02. The van der Waals surface area contributed by atoms with Crippen LogP contribution in [0.1, 0.15) is 19.8 Å². The average molecular weight is 112 g/mol. The van der Waals surface area contributed by atoms with Gasteiger partial charge >= 0.3 is 0 Å². The molecule has 2 heteroatoms. The number of hydrogen-bond donors (Lipinski definition) is 2. The van der Waals surface area contributed by atoms with Crippen LogP contribution in [0.15, 0.2) is 0 Å². The predicted octanol–water partition coefficient (Wildman–Crippen LogP) is 0.778. The summed E-state index contributed by atoms with van der Waals surface area (Å²) in [6, 6.07) is 0.629. The summed E-state index contributed by atoms with van der Waals surface area (Å²) in [4.78, 5) is 0. The normalized spacial score (nSPS) is 30.6. The quantitative estimate of drug-likeness (QED) is 0.477. The third kappa shape index (κ3) is 1.30. The first kappa shape index (κ1) is 5.76. The molecule has 0 radical (unpaired) electrons. The number of hydrogen-bond acceptors (Lipinski definition) is 2. The van der Waals surface area contributed by atoms with Crippen molar-refractivity contribution in [2.24, 2.45) is 0 Å². The molecule has 1 aliphatic heterocycles. The van der Waals surface area contributed by atoms with Gasteiger partial charge in [-0.2, -0.15) is 0 Å². The second-order valence-corrected chi connectivity index (χ2v) is 2.42. The Kier molecular flexibility index (Phi) is 1.63. The molecule has 0 amide bonds. The SMILES string of the molecule is CC1CCC(=N)CN1. The Hall–Kier alpha value is -0.370. The van der Waals surface area contributed by atoms with Gasteiger partial charge in [-0.3, -0.25) is 0 Å². The van der Waals surface area contributed by atoms with Gasteiger partial charge in [0.1, 0.15) is 0 Å². The van der Waals surface area contributed by atoms with Crippen LogP contribution in [0.25, 0.3) is 0 Å². The molecule has 2 N–H and O–H groups in total. The highest BCUT2D eigenvalue weighted by Gasteiger charge is 2.09. The number of rotatable bonds is 0. The van der Waals surface area contributed by atoms with Gasteiger partial charge in [0.25, 0.3) is 0 Å². The molecule has 1 atom stereocenters. The van der Waals surface area contributed by atoms with E-state index in [0.717, 1.165) is 25.1 Å². The van der Waals surface area contributed by atoms with Crippen LogP contribution in [0.4, 0.5) is 0 Å². The minimum Gasteiger partial charge on any atom is -0.309 e. The number of piperidine rings is 1. The summed E-state index contributed by atoms with van der Waals surface area (Å²) in [5.41, 5.74) is 0.850. The zero-order valence-corrected chi connectivity index (χ0v) is 5.20. The standard InChI is InChI=1S/C6H12N2/c1-5-2-3-6(7)4-8-5/h5,7-8H,2-4H2,1H3. The van der Waals surface area contributed by atoms with E-state index in [4.69, 9.17) is 5.41 Å². The van der Waals surface area contributed by atoms with Crippen LogP contribution in [-0.2, 0) is 0 Å². The summed E-state index contributed by atoms with van der Waals surface area (Å²) in [5.74, 6) is 0. The highest BCUT2D eigenvalue weighted by atomic mass is 14.9. The molecule has 0 aromatic carbocycles. The smallest absolute Gasteiger partial charge is 0.0335 e. The van der Waals surface area contributed by atoms with Crippen molar-refractivity contribution < 1.29 is 0 Å². The van der Waals surface area contributed by atoms with E-state index in [-0.39, 0.29) is 0 Å². The molecule has 1 aliphatic rings. The molecule has 0 aromatic rings. The average Bonchev–Trinajstić information content (AvgIpc) is 1.77. The van der Waals surface area contributed by atoms with E-state index in [0.29, 0.717) is 6.04 Å². The van der Waals surface area contributed by atoms with E-state index in [1.807, 2.05) is 0 Å². The van der Waals surface area contributed by atoms with E-state index in [1.165, 1.54) is 0 Å². The molecule has 1 saturated heterocycles. The molecule has 8 heavy (non-hydrogen) atoms. The minimum atomic E-state index is 0.629. The monoisotopic (exact) mass is 112 g/mol. The number of nitrogens with one attached hydrogen (secondary N) is 2. The van der Waals surface area contributed by atoms with E-state index >= 15 is 0 Å². The molecule has 46 valence electrons. The van der Waals surface area contributed by atoms with Crippen LogP contribution >= 0.6 is 0 Å². The van der Waals surface area contributed by atoms with Gasteiger partial charge in [0, 0.05) is 18.3 Å². The summed E-state index contributed by atoms with van der Waals surface area (Å²) in [6.07, 6.45) is 2.13. The maximum absolute atomic E-state index is 7.22. The summed E-state index contributed by atoms with van der Waals surface area (Å²) in [5, 5.41) is 10.4. The van der Waals surface area contributed by atoms with Crippen LogP contribution in [0, 0.1) is 5.41 Å². The van der Waals surface area contributed by atoms with Gasteiger partial charge in [-0.05, 0) is 19.8 Å². The lowest BCUT2D eigenvalue weighted by Crippen LogP contribution is -2.36. The molecule has 0 spiro atoms. The summed E-state index contributed by atoms with van der Waals surface area (Å²) < 4.78 is 0. The predicted molar refractivity (Wildman–Crippen MR) is 34.4 cm³/mol. The van der Waals surface area contributed by atoms with Crippen molar-refractivity contribution >= 4 is 5.71 Å². The molecule has 0 saturated carbocycles. The molecule has 0 aliphatic carbocycles. The molecule has 0 aromatic heterocycles. The lowest BCUT2D eigenvalue weighted by atomic mass is 10.1. The summed E-state index contributed by atoms with van der Waals surface area (Å²) in [7, 11) is 0. The second-order valence-electron chi connectivity index (χ2n) is 2.42. The molecule has 0 bridgehead atoms. The lowest BCUT2D eigenvalue weighted by Gasteiger charge is -2.19. The maximum atomic E-state index is 7.22. The molecular formula is C6H12N2. The van der Waals surface area contributed by atoms with E-state index in [1.54, 1.807) is 0 Å². The third-order valence-electron chi connectivity index (χ3n) is 1.54. The fraction of sp³-hybridized carbons (Fsp3) is 0.833. The molecule has 2 nitrogen and oxygen atoms in total. The van der Waals surface area contributed by atoms with Crippen molar-refractivity contribution in [3.63, 3.8) is 0 Å². The summed E-state index contributed by atoms with van der Waals surface area (Å²) in [6.45, 7) is 2.97. The molecule has 1 rings (SSSR count). The second kappa shape index (κ2) is 2.27. The van der Waals surface area contributed by atoms with Crippen LogP contribution in [0.2, 0.25) is 0 Å². The molecule has 1 heterocycles. The first-order valence-electron chi connectivity index (χ1n) is 3.08. The van der Waals surface area contributed by atoms with Crippen LogP contribution in [0.3, 0.4) is 0 Å². The highest BCUT2D eigenvalue weighted by molar-refractivity contribution is 5.83. The van der Waals surface area contributed by atoms with Crippen molar-refractivity contribution in [3.8, 4) is 0 Å². The zero-order valence-electron chi connectivity index (χ0n) is 5.20. The van der Waals surface area contributed by atoms with Crippen molar-refractivity contribution in [3.05, 3.63) is 0 Å². The van der Waals surface area contributed by atoms with Gasteiger partial charge in [0.2, 0.25) is 0 Å². The Balaban J connectivity index is 2.29. The largest absolute Gasteiger partial charge is 0.309 e. The fourth-order valence-corrected chi connectivity index (χ4v) is 0.879. The van der Waals surface area contributed by atoms with Gasteiger partial charge in [0.15, 0.2) is 0 Å². The fourth-order valence-electron chi connectivity index (χ4n) is 0.879. The van der Waals surface area contributed by atoms with Crippen molar-refractivity contribution in [2.45, 2.75) is 25.8 Å². The Morgan fingerprint density at radius 2 is 2.50 bits per heavy atom. The molecular weight excluding hydrogens is 100 g/mol. The van der Waals surface area contributed by atoms with Crippen LogP contribution in [0.5, 0.6) is 0 Å². The summed E-state index contributed by atoms with van der Waals surface area (Å²) >= 11 is 0. The molecule has 1 unspecified atom stereocenters. The molecule has 1 fully saturated rings. The Labute approximate surface area is 49.8 Å². The third-order valence-corrected chi connectivity index (χ3v) is 1.54. The van der Waals surface area contributed by atoms with Crippen molar-refractivity contribution in [2.75, 3.05) is 6.54 Å². The Morgan fingerprint density at radius 1 is 1.75 bits per heavy atom. The van der Waals surface area contributed by atoms with Crippen LogP contribution in [-0.4, -0.2) is 18.3 Å². The van der Waals surface area contributed by atoms with Gasteiger partial charge in [0.05, 0.1) is 0 Å².